The molecule has 0 saturated carbocycles. The maximum absolute atomic E-state index is 6.74. The lowest BCUT2D eigenvalue weighted by Gasteiger charge is -2.39. The van der Waals surface area contributed by atoms with Crippen molar-refractivity contribution in [3.05, 3.63) is 317 Å². The van der Waals surface area contributed by atoms with Gasteiger partial charge in [-0.15, -0.1) is 11.3 Å². The summed E-state index contributed by atoms with van der Waals surface area (Å²) in [5.74, 6) is 3.55. The van der Waals surface area contributed by atoms with Crippen molar-refractivity contribution >= 4 is 48.6 Å². The fourth-order valence-corrected chi connectivity index (χ4v) is 15.2. The topological polar surface area (TPSA) is 21.7 Å². The van der Waals surface area contributed by atoms with Crippen LogP contribution in [0, 0.1) is 0 Å². The molecule has 4 aliphatic rings. The van der Waals surface area contributed by atoms with Crippen molar-refractivity contribution in [2.24, 2.45) is 0 Å². The van der Waals surface area contributed by atoms with Gasteiger partial charge in [0.1, 0.15) is 23.0 Å². The Bertz CT molecular complexity index is 4550. The summed E-state index contributed by atoms with van der Waals surface area (Å²) in [4.78, 5) is 2.48. The third kappa shape index (κ3) is 5.82. The second kappa shape index (κ2) is 16.4. The van der Waals surface area contributed by atoms with Gasteiger partial charge in [0.05, 0.1) is 16.5 Å². The predicted molar refractivity (Wildman–Crippen MR) is 320 cm³/mol. The molecule has 0 fully saturated rings. The van der Waals surface area contributed by atoms with Crippen LogP contribution in [-0.4, -0.2) is 0 Å². The molecule has 78 heavy (non-hydrogen) atoms. The average Bonchev–Trinajstić information content (AvgIpc) is 3.26. The molecule has 0 saturated heterocycles. The van der Waals surface area contributed by atoms with Crippen LogP contribution < -0.4 is 14.4 Å². The molecule has 0 unspecified atom stereocenters. The molecule has 0 atom stereocenters. The van der Waals surface area contributed by atoms with Crippen LogP contribution in [0.4, 0.5) is 17.1 Å². The number of fused-ring (bicyclic) bond motifs is 21. The van der Waals surface area contributed by atoms with Crippen LogP contribution in [0.3, 0.4) is 0 Å². The molecule has 1 aromatic heterocycles. The van der Waals surface area contributed by atoms with E-state index < -0.39 is 10.8 Å². The first-order chi connectivity index (χ1) is 38.7. The van der Waals surface area contributed by atoms with Crippen molar-refractivity contribution in [3.8, 4) is 67.5 Å². The zero-order valence-corrected chi connectivity index (χ0v) is 43.0. The van der Waals surface area contributed by atoms with E-state index in [-0.39, 0.29) is 0 Å². The van der Waals surface area contributed by atoms with Gasteiger partial charge in [-0.25, -0.2) is 0 Å². The van der Waals surface area contributed by atoms with Gasteiger partial charge < -0.3 is 14.4 Å². The van der Waals surface area contributed by atoms with Crippen molar-refractivity contribution in [2.45, 2.75) is 10.8 Å². The van der Waals surface area contributed by atoms with E-state index in [0.29, 0.717) is 0 Å². The highest BCUT2D eigenvalue weighted by Gasteiger charge is 2.53. The average molecular weight is 1010 g/mol. The number of thiophene rings is 1. The number of anilines is 3. The zero-order valence-electron chi connectivity index (χ0n) is 42.2. The molecule has 12 aromatic carbocycles. The molecule has 13 aromatic rings. The Balaban J connectivity index is 0.860. The quantitative estimate of drug-likeness (QED) is 0.171. The smallest absolute Gasteiger partial charge is 0.132 e. The van der Waals surface area contributed by atoms with Gasteiger partial charge in [-0.2, -0.15) is 0 Å². The van der Waals surface area contributed by atoms with Gasteiger partial charge >= 0.3 is 0 Å². The highest BCUT2D eigenvalue weighted by molar-refractivity contribution is 7.25. The molecule has 4 heteroatoms. The fraction of sp³-hybridized carbons (Fsp3) is 0.0270. The van der Waals surface area contributed by atoms with E-state index in [1.54, 1.807) is 0 Å². The predicted octanol–water partition coefficient (Wildman–Crippen LogP) is 19.8. The second-order valence-electron chi connectivity index (χ2n) is 20.9. The Kier molecular flexibility index (Phi) is 9.14. The van der Waals surface area contributed by atoms with Gasteiger partial charge in [0.15, 0.2) is 0 Å². The third-order valence-electron chi connectivity index (χ3n) is 17.2. The monoisotopic (exact) mass is 1010 g/mol. The molecule has 0 amide bonds. The lowest BCUT2D eigenvalue weighted by Crippen LogP contribution is -2.32. The number of nitrogens with zero attached hydrogens (tertiary/aromatic N) is 1. The summed E-state index contributed by atoms with van der Waals surface area (Å²) in [7, 11) is 0. The third-order valence-corrected chi connectivity index (χ3v) is 18.4. The van der Waals surface area contributed by atoms with Crippen molar-refractivity contribution in [3.63, 3.8) is 0 Å². The first-order valence-electron chi connectivity index (χ1n) is 26.8. The minimum atomic E-state index is -0.607. The highest BCUT2D eigenvalue weighted by atomic mass is 32.1. The van der Waals surface area contributed by atoms with E-state index in [2.05, 4.69) is 278 Å². The highest BCUT2D eigenvalue weighted by Crippen LogP contribution is 2.66. The Hall–Kier alpha value is -9.74. The summed E-state index contributed by atoms with van der Waals surface area (Å²) in [5.41, 5.74) is 21.4. The Morgan fingerprint density at radius 3 is 1.27 bits per heavy atom. The summed E-state index contributed by atoms with van der Waals surface area (Å²) >= 11 is 1.86. The van der Waals surface area contributed by atoms with Gasteiger partial charge in [-0.1, -0.05) is 200 Å². The molecule has 3 heterocycles. The van der Waals surface area contributed by atoms with E-state index in [0.717, 1.165) is 67.9 Å². The number of para-hydroxylation sites is 4. The molecule has 17 rings (SSSR count). The molecule has 2 aliphatic heterocycles. The summed E-state index contributed by atoms with van der Waals surface area (Å²) in [6, 6.07) is 100. The fourth-order valence-electron chi connectivity index (χ4n) is 14.1. The molecule has 0 N–H and O–H groups in total. The van der Waals surface area contributed by atoms with Gasteiger partial charge in [0.25, 0.3) is 0 Å². The Labute approximate surface area is 456 Å². The minimum Gasteiger partial charge on any atom is -0.457 e. The Morgan fingerprint density at radius 2 is 0.692 bits per heavy atom. The van der Waals surface area contributed by atoms with Crippen molar-refractivity contribution in [1.29, 1.82) is 0 Å². The SMILES string of the molecule is c1ccc2c(c1)Oc1ccccc1C21c2ccccc2-c2c(-c3ccc(N(c4ccc(-c5ccc6sc7ccccc7c6c5)cc4)c4cccc5c4-c4ccccc4C54c5ccccc5Oc5ccccc54)cc3)cccc21. The largest absolute Gasteiger partial charge is 0.457 e. The van der Waals surface area contributed by atoms with Gasteiger partial charge in [0.2, 0.25) is 0 Å². The molecule has 2 aliphatic carbocycles. The normalized spacial score (nSPS) is 14.1. The number of benzene rings is 12. The van der Waals surface area contributed by atoms with Gasteiger partial charge in [-0.3, -0.25) is 0 Å². The summed E-state index contributed by atoms with van der Waals surface area (Å²) in [5, 5.41) is 2.60. The number of hydrogen-bond acceptors (Lipinski definition) is 4. The summed E-state index contributed by atoms with van der Waals surface area (Å²) in [6.07, 6.45) is 0. The van der Waals surface area contributed by atoms with E-state index in [9.17, 15) is 0 Å². The molecule has 0 radical (unpaired) electrons. The second-order valence-corrected chi connectivity index (χ2v) is 22.0. The van der Waals surface area contributed by atoms with Crippen LogP contribution in [0.5, 0.6) is 23.0 Å². The lowest BCUT2D eigenvalue weighted by atomic mass is 9.66. The van der Waals surface area contributed by atoms with Crippen LogP contribution in [0.15, 0.2) is 273 Å². The van der Waals surface area contributed by atoms with Gasteiger partial charge in [-0.05, 0) is 134 Å². The minimum absolute atomic E-state index is 0.549. The van der Waals surface area contributed by atoms with E-state index >= 15 is 0 Å². The van der Waals surface area contributed by atoms with Crippen LogP contribution >= 0.6 is 11.3 Å². The molecule has 364 valence electrons. The standard InChI is InChI=1S/C74H45NO2S/c1-4-21-56-53(18-1)71-51(20-15-27-62(71)73(56)58-23-6-10-30-65(58)76-66-31-11-7-24-59(66)73)47-37-42-50(43-38-47)75(49-40-35-46(36-41-49)48-39-44-70-55(45-48)52-17-3-14-34-69(52)78-70)64-29-16-28-63-72(64)54-19-2-5-22-57(54)74(63)60-25-8-12-32-67(60)77-68-33-13-9-26-61(68)74/h1-45H. The van der Waals surface area contributed by atoms with Crippen LogP contribution in [-0.2, 0) is 10.8 Å². The molecule has 2 spiro atoms. The maximum atomic E-state index is 6.74. The zero-order chi connectivity index (χ0) is 51.1. The van der Waals surface area contributed by atoms with Crippen LogP contribution in [0.2, 0.25) is 0 Å². The van der Waals surface area contributed by atoms with E-state index in [1.807, 2.05) is 11.3 Å². The van der Waals surface area contributed by atoms with Gasteiger partial charge in [0, 0.05) is 59.4 Å². The summed E-state index contributed by atoms with van der Waals surface area (Å²) in [6.45, 7) is 0. The van der Waals surface area contributed by atoms with Crippen molar-refractivity contribution < 1.29 is 9.47 Å². The lowest BCUT2D eigenvalue weighted by molar-refractivity contribution is 0.436. The molecular formula is C74H45NO2S. The first kappa shape index (κ1) is 43.5. The molecular weight excluding hydrogens is 967 g/mol. The molecule has 0 bridgehead atoms. The molecule has 3 nitrogen and oxygen atoms in total. The van der Waals surface area contributed by atoms with Crippen molar-refractivity contribution in [1.82, 2.24) is 0 Å². The number of hydrogen-bond donors (Lipinski definition) is 0. The number of rotatable bonds is 5. The van der Waals surface area contributed by atoms with Crippen LogP contribution in [0.1, 0.15) is 44.5 Å². The van der Waals surface area contributed by atoms with E-state index in [1.165, 1.54) is 81.4 Å². The van der Waals surface area contributed by atoms with Crippen molar-refractivity contribution in [2.75, 3.05) is 4.90 Å². The number of ether oxygens (including phenoxy) is 2. The van der Waals surface area contributed by atoms with E-state index in [4.69, 9.17) is 9.47 Å². The first-order valence-corrected chi connectivity index (χ1v) is 27.6. The Morgan fingerprint density at radius 1 is 0.282 bits per heavy atom. The summed E-state index contributed by atoms with van der Waals surface area (Å²) < 4.78 is 16.0. The van der Waals surface area contributed by atoms with Crippen LogP contribution in [0.25, 0.3) is 64.7 Å². The maximum Gasteiger partial charge on any atom is 0.132 e.